The molecule has 0 radical (unpaired) electrons. The van der Waals surface area contributed by atoms with E-state index in [1.165, 1.54) is 12.1 Å². The predicted molar refractivity (Wildman–Crippen MR) is 77.8 cm³/mol. The van der Waals surface area contributed by atoms with Gasteiger partial charge < -0.3 is 15.8 Å². The lowest BCUT2D eigenvalue weighted by molar-refractivity contribution is -0.123. The smallest absolute Gasteiger partial charge is 0.387 e. The second-order valence-electron chi connectivity index (χ2n) is 4.74. The average Bonchev–Trinajstić information content (AvgIpc) is 2.37. The summed E-state index contributed by atoms with van der Waals surface area (Å²) in [6, 6.07) is 1.98. The van der Waals surface area contributed by atoms with Crippen LogP contribution in [0.4, 0.5) is 8.78 Å². The topological polar surface area (TPSA) is 64.4 Å². The summed E-state index contributed by atoms with van der Waals surface area (Å²) >= 11 is 11.6. The van der Waals surface area contributed by atoms with Gasteiger partial charge in [0.05, 0.1) is 11.1 Å². The van der Waals surface area contributed by atoms with Crippen LogP contribution >= 0.6 is 23.2 Å². The number of carbonyl (C=O) groups is 1. The SMILES string of the molecule is CC(C)[C@H](N)C(=O)NCc1cc(Cl)cc(Cl)c1OC(F)F. The molecule has 1 aromatic rings. The van der Waals surface area contributed by atoms with Gasteiger partial charge in [0.2, 0.25) is 5.91 Å². The molecule has 0 spiro atoms. The number of benzene rings is 1. The van der Waals surface area contributed by atoms with E-state index in [9.17, 15) is 13.6 Å². The molecule has 118 valence electrons. The molecule has 1 aromatic carbocycles. The van der Waals surface area contributed by atoms with Crippen molar-refractivity contribution >= 4 is 29.1 Å². The van der Waals surface area contributed by atoms with Gasteiger partial charge >= 0.3 is 6.61 Å². The van der Waals surface area contributed by atoms with E-state index >= 15 is 0 Å². The zero-order valence-electron chi connectivity index (χ0n) is 11.5. The lowest BCUT2D eigenvalue weighted by Crippen LogP contribution is -2.43. The van der Waals surface area contributed by atoms with Crippen LogP contribution in [0.1, 0.15) is 19.4 Å². The molecular weight excluding hydrogens is 325 g/mol. The molecule has 3 N–H and O–H groups in total. The number of ether oxygens (including phenoxy) is 1. The molecule has 21 heavy (non-hydrogen) atoms. The molecule has 0 bridgehead atoms. The molecular formula is C13H16Cl2F2N2O2. The lowest BCUT2D eigenvalue weighted by Gasteiger charge is -2.17. The van der Waals surface area contributed by atoms with E-state index in [4.69, 9.17) is 28.9 Å². The molecule has 1 amide bonds. The Morgan fingerprint density at radius 1 is 1.38 bits per heavy atom. The van der Waals surface area contributed by atoms with Crippen LogP contribution in [0.3, 0.4) is 0 Å². The summed E-state index contributed by atoms with van der Waals surface area (Å²) in [7, 11) is 0. The predicted octanol–water partition coefficient (Wildman–Crippen LogP) is 3.19. The Morgan fingerprint density at radius 2 is 2.00 bits per heavy atom. The second-order valence-corrected chi connectivity index (χ2v) is 5.59. The molecule has 1 rings (SSSR count). The van der Waals surface area contributed by atoms with Crippen LogP contribution in [-0.2, 0) is 11.3 Å². The monoisotopic (exact) mass is 340 g/mol. The van der Waals surface area contributed by atoms with Crippen molar-refractivity contribution in [2.45, 2.75) is 33.0 Å². The first kappa shape index (κ1) is 17.9. The molecule has 1 atom stereocenters. The molecule has 8 heteroatoms. The standard InChI is InChI=1S/C13H16Cl2F2N2O2/c1-6(2)10(18)12(20)19-5-7-3-8(14)4-9(15)11(7)21-13(16)17/h3-4,6,10,13H,5,18H2,1-2H3,(H,19,20)/t10-/m0/s1. The van der Waals surface area contributed by atoms with Crippen molar-refractivity contribution < 1.29 is 18.3 Å². The molecule has 0 aliphatic heterocycles. The third kappa shape index (κ3) is 5.30. The van der Waals surface area contributed by atoms with Gasteiger partial charge in [-0.2, -0.15) is 8.78 Å². The zero-order valence-corrected chi connectivity index (χ0v) is 13.0. The fourth-order valence-corrected chi connectivity index (χ4v) is 2.15. The van der Waals surface area contributed by atoms with Gasteiger partial charge in [0.25, 0.3) is 0 Å². The largest absolute Gasteiger partial charge is 0.433 e. The summed E-state index contributed by atoms with van der Waals surface area (Å²) < 4.78 is 29.2. The fraction of sp³-hybridized carbons (Fsp3) is 0.462. The van der Waals surface area contributed by atoms with Gasteiger partial charge in [-0.05, 0) is 18.1 Å². The summed E-state index contributed by atoms with van der Waals surface area (Å²) in [5.74, 6) is -0.664. The van der Waals surface area contributed by atoms with Crippen LogP contribution in [0.25, 0.3) is 0 Å². The molecule has 0 aromatic heterocycles. The summed E-state index contributed by atoms with van der Waals surface area (Å²) in [4.78, 5) is 11.8. The summed E-state index contributed by atoms with van der Waals surface area (Å²) in [6.45, 7) is 0.496. The van der Waals surface area contributed by atoms with Crippen LogP contribution in [0.5, 0.6) is 5.75 Å². The Kier molecular flexibility index (Phi) is 6.64. The van der Waals surface area contributed by atoms with Gasteiger partial charge in [-0.3, -0.25) is 4.79 Å². The Labute approximate surface area is 131 Å². The number of hydrogen-bond donors (Lipinski definition) is 2. The minimum atomic E-state index is -3.03. The first-order chi connectivity index (χ1) is 9.72. The zero-order chi connectivity index (χ0) is 16.2. The van der Waals surface area contributed by atoms with Crippen LogP contribution in [-0.4, -0.2) is 18.6 Å². The van der Waals surface area contributed by atoms with E-state index in [2.05, 4.69) is 10.1 Å². The normalized spacial score (nSPS) is 12.6. The summed E-state index contributed by atoms with van der Waals surface area (Å²) in [6.07, 6.45) is 0. The van der Waals surface area contributed by atoms with Crippen molar-refractivity contribution in [1.82, 2.24) is 5.32 Å². The molecule has 0 aliphatic rings. The number of nitrogens with one attached hydrogen (secondary N) is 1. The van der Waals surface area contributed by atoms with E-state index in [1.54, 1.807) is 13.8 Å². The third-order valence-corrected chi connectivity index (χ3v) is 3.27. The van der Waals surface area contributed by atoms with Gasteiger partial charge in [0, 0.05) is 17.1 Å². The number of hydrogen-bond acceptors (Lipinski definition) is 3. The maximum Gasteiger partial charge on any atom is 0.387 e. The molecule has 0 unspecified atom stereocenters. The second kappa shape index (κ2) is 7.77. The van der Waals surface area contributed by atoms with E-state index in [-0.39, 0.29) is 33.8 Å². The lowest BCUT2D eigenvalue weighted by atomic mass is 10.0. The highest BCUT2D eigenvalue weighted by Crippen LogP contribution is 2.33. The highest BCUT2D eigenvalue weighted by Gasteiger charge is 2.19. The Balaban J connectivity index is 2.89. The molecule has 0 heterocycles. The van der Waals surface area contributed by atoms with Crippen LogP contribution < -0.4 is 15.8 Å². The van der Waals surface area contributed by atoms with E-state index in [0.29, 0.717) is 0 Å². The highest BCUT2D eigenvalue weighted by atomic mass is 35.5. The number of halogens is 4. The fourth-order valence-electron chi connectivity index (χ4n) is 1.57. The molecule has 0 saturated heterocycles. The van der Waals surface area contributed by atoms with Gasteiger partial charge in [-0.15, -0.1) is 0 Å². The number of nitrogens with two attached hydrogens (primary N) is 1. The van der Waals surface area contributed by atoms with Crippen molar-refractivity contribution in [2.24, 2.45) is 11.7 Å². The number of carbonyl (C=O) groups excluding carboxylic acids is 1. The number of alkyl halides is 2. The molecule has 0 aliphatic carbocycles. The first-order valence-electron chi connectivity index (χ1n) is 6.18. The summed E-state index contributed by atoms with van der Waals surface area (Å²) in [5.41, 5.74) is 5.93. The summed E-state index contributed by atoms with van der Waals surface area (Å²) in [5, 5.41) is 2.74. The van der Waals surface area contributed by atoms with E-state index in [1.807, 2.05) is 0 Å². The van der Waals surface area contributed by atoms with E-state index in [0.717, 1.165) is 0 Å². The number of amides is 1. The first-order valence-corrected chi connectivity index (χ1v) is 6.94. The third-order valence-electron chi connectivity index (χ3n) is 2.77. The highest BCUT2D eigenvalue weighted by molar-refractivity contribution is 6.35. The van der Waals surface area contributed by atoms with Crippen molar-refractivity contribution in [1.29, 1.82) is 0 Å². The minimum Gasteiger partial charge on any atom is -0.433 e. The van der Waals surface area contributed by atoms with Gasteiger partial charge in [-0.25, -0.2) is 0 Å². The molecule has 4 nitrogen and oxygen atoms in total. The van der Waals surface area contributed by atoms with Gasteiger partial charge in [0.15, 0.2) is 0 Å². The molecule has 0 saturated carbocycles. The van der Waals surface area contributed by atoms with E-state index < -0.39 is 18.6 Å². The van der Waals surface area contributed by atoms with Crippen LogP contribution in [0, 0.1) is 5.92 Å². The van der Waals surface area contributed by atoms with Crippen molar-refractivity contribution in [2.75, 3.05) is 0 Å². The Morgan fingerprint density at radius 3 is 2.52 bits per heavy atom. The van der Waals surface area contributed by atoms with Crippen LogP contribution in [0.15, 0.2) is 12.1 Å². The maximum atomic E-state index is 12.4. The van der Waals surface area contributed by atoms with Crippen molar-refractivity contribution in [3.05, 3.63) is 27.7 Å². The van der Waals surface area contributed by atoms with Crippen LogP contribution in [0.2, 0.25) is 10.0 Å². The Hall–Kier alpha value is -1.11. The van der Waals surface area contributed by atoms with Gasteiger partial charge in [-0.1, -0.05) is 37.0 Å². The Bertz CT molecular complexity index is 513. The average molecular weight is 341 g/mol. The quantitative estimate of drug-likeness (QED) is 0.835. The molecule has 0 fully saturated rings. The van der Waals surface area contributed by atoms with Crippen molar-refractivity contribution in [3.63, 3.8) is 0 Å². The number of rotatable bonds is 6. The van der Waals surface area contributed by atoms with Crippen molar-refractivity contribution in [3.8, 4) is 5.75 Å². The van der Waals surface area contributed by atoms with Gasteiger partial charge in [0.1, 0.15) is 5.75 Å². The maximum absolute atomic E-state index is 12.4. The minimum absolute atomic E-state index is 0.0512.